The molecule has 1 aromatic carbocycles. The molecule has 0 spiro atoms. The van der Waals surface area contributed by atoms with Crippen LogP contribution in [0, 0.1) is 17.8 Å². The monoisotopic (exact) mass is 691 g/mol. The van der Waals surface area contributed by atoms with Gasteiger partial charge < -0.3 is 41.2 Å². The van der Waals surface area contributed by atoms with Crippen molar-refractivity contribution < 1.29 is 43.3 Å². The second-order valence-corrected chi connectivity index (χ2v) is 14.3. The van der Waals surface area contributed by atoms with Crippen LogP contribution in [0.25, 0.3) is 0 Å². The van der Waals surface area contributed by atoms with Gasteiger partial charge in [0.2, 0.25) is 23.6 Å². The van der Waals surface area contributed by atoms with Gasteiger partial charge in [0.05, 0.1) is 13.7 Å². The Kier molecular flexibility index (Phi) is 17.8. The van der Waals surface area contributed by atoms with E-state index in [1.54, 1.807) is 58.9 Å². The Bertz CT molecular complexity index is 1250. The van der Waals surface area contributed by atoms with Gasteiger partial charge in [0.1, 0.15) is 35.8 Å². The Labute approximate surface area is 290 Å². The van der Waals surface area contributed by atoms with Crippen LogP contribution in [-0.4, -0.2) is 90.3 Å². The lowest BCUT2D eigenvalue weighted by atomic mass is 9.98. The minimum absolute atomic E-state index is 0.0231. The molecule has 276 valence electrons. The van der Waals surface area contributed by atoms with Crippen molar-refractivity contribution in [3.05, 3.63) is 35.9 Å². The molecule has 1 rings (SSSR count). The number of esters is 1. The molecule has 5 atom stereocenters. The number of aliphatic hydroxyl groups is 1. The summed E-state index contributed by atoms with van der Waals surface area (Å²) in [6.07, 6.45) is -0.145. The number of hydrogen-bond donors (Lipinski definition) is 6. The van der Waals surface area contributed by atoms with Gasteiger partial charge in [0, 0.05) is 6.42 Å². The van der Waals surface area contributed by atoms with Crippen molar-refractivity contribution in [2.45, 2.75) is 117 Å². The van der Waals surface area contributed by atoms with Crippen LogP contribution in [0.5, 0.6) is 0 Å². The number of amides is 5. The molecule has 1 aromatic rings. The molecule has 0 aliphatic carbocycles. The summed E-state index contributed by atoms with van der Waals surface area (Å²) in [5, 5.41) is 23.0. The molecule has 0 aliphatic rings. The number of alkyl carbamates (subject to hydrolysis) is 1. The van der Waals surface area contributed by atoms with E-state index in [1.807, 2.05) is 33.8 Å². The first-order valence-corrected chi connectivity index (χ1v) is 16.7. The van der Waals surface area contributed by atoms with Gasteiger partial charge in [-0.15, -0.1) is 0 Å². The molecule has 0 aromatic heterocycles. The highest BCUT2D eigenvalue weighted by Gasteiger charge is 2.34. The molecule has 14 nitrogen and oxygen atoms in total. The van der Waals surface area contributed by atoms with Crippen molar-refractivity contribution in [3.63, 3.8) is 0 Å². The van der Waals surface area contributed by atoms with Crippen molar-refractivity contribution in [2.75, 3.05) is 13.7 Å². The van der Waals surface area contributed by atoms with E-state index in [1.165, 1.54) is 7.11 Å². The van der Waals surface area contributed by atoms with Crippen molar-refractivity contribution in [3.8, 4) is 0 Å². The maximum absolute atomic E-state index is 13.6. The molecular weight excluding hydrogens is 634 g/mol. The summed E-state index contributed by atoms with van der Waals surface area (Å²) in [6, 6.07) is 3.19. The van der Waals surface area contributed by atoms with E-state index in [-0.39, 0.29) is 31.1 Å². The fourth-order valence-corrected chi connectivity index (χ4v) is 4.83. The minimum Gasteiger partial charge on any atom is -0.467 e. The highest BCUT2D eigenvalue weighted by Crippen LogP contribution is 2.13. The second-order valence-electron chi connectivity index (χ2n) is 14.3. The SMILES string of the molecule is COC(=O)[C@H](Cc1ccccc1)NC(=O)[C@@H](CO)NC(=O)[C@@H](NC(=O)[C@H](CC(C)C)NC(=O)[C@H](CC(C)C)NC(=O)OC(C)(C)C)C(C)C. The van der Waals surface area contributed by atoms with Crippen LogP contribution < -0.4 is 26.6 Å². The quantitative estimate of drug-likeness (QED) is 0.125. The number of aliphatic hydroxyl groups excluding tert-OH is 1. The highest BCUT2D eigenvalue weighted by molar-refractivity contribution is 5.96. The number of carbonyl (C=O) groups is 6. The third kappa shape index (κ3) is 16.2. The number of methoxy groups -OCH3 is 1. The first-order valence-electron chi connectivity index (χ1n) is 16.7. The average Bonchev–Trinajstić information content (AvgIpc) is 2.99. The molecule has 0 fully saturated rings. The molecule has 14 heteroatoms. The lowest BCUT2D eigenvalue weighted by Crippen LogP contribution is -2.60. The Balaban J connectivity index is 3.10. The number of ether oxygens (including phenoxy) is 2. The summed E-state index contributed by atoms with van der Waals surface area (Å²) in [6.45, 7) is 15.2. The molecule has 0 heterocycles. The summed E-state index contributed by atoms with van der Waals surface area (Å²) in [5.41, 5.74) is -0.0272. The molecule has 0 radical (unpaired) electrons. The van der Waals surface area contributed by atoms with E-state index in [0.717, 1.165) is 5.56 Å². The molecule has 0 unspecified atom stereocenters. The van der Waals surface area contributed by atoms with Crippen LogP contribution in [0.3, 0.4) is 0 Å². The van der Waals surface area contributed by atoms with Gasteiger partial charge in [-0.25, -0.2) is 9.59 Å². The maximum atomic E-state index is 13.6. The van der Waals surface area contributed by atoms with Crippen LogP contribution in [0.15, 0.2) is 30.3 Å². The van der Waals surface area contributed by atoms with E-state index in [9.17, 15) is 33.9 Å². The van der Waals surface area contributed by atoms with Gasteiger partial charge in [0.15, 0.2) is 0 Å². The predicted octanol–water partition coefficient (Wildman–Crippen LogP) is 1.98. The maximum Gasteiger partial charge on any atom is 0.408 e. The third-order valence-electron chi connectivity index (χ3n) is 7.20. The van der Waals surface area contributed by atoms with Crippen molar-refractivity contribution >= 4 is 35.7 Å². The van der Waals surface area contributed by atoms with Crippen LogP contribution in [0.2, 0.25) is 0 Å². The predicted molar refractivity (Wildman–Crippen MR) is 184 cm³/mol. The zero-order valence-electron chi connectivity index (χ0n) is 30.5. The Morgan fingerprint density at radius 2 is 1.14 bits per heavy atom. The number of carbonyl (C=O) groups excluding carboxylic acids is 6. The van der Waals surface area contributed by atoms with E-state index in [2.05, 4.69) is 26.6 Å². The molecule has 0 saturated heterocycles. The zero-order chi connectivity index (χ0) is 37.5. The van der Waals surface area contributed by atoms with Crippen LogP contribution in [-0.2, 0) is 39.9 Å². The number of benzene rings is 1. The molecule has 0 aliphatic heterocycles. The summed E-state index contributed by atoms with van der Waals surface area (Å²) in [5.74, 6) is -3.99. The number of rotatable bonds is 18. The average molecular weight is 692 g/mol. The van der Waals surface area contributed by atoms with Gasteiger partial charge in [-0.05, 0) is 56.9 Å². The summed E-state index contributed by atoms with van der Waals surface area (Å²) in [7, 11) is 1.19. The molecular formula is C35H57N5O9. The molecule has 0 saturated carbocycles. The van der Waals surface area contributed by atoms with E-state index >= 15 is 0 Å². The largest absolute Gasteiger partial charge is 0.467 e. The fraction of sp³-hybridized carbons (Fsp3) is 0.657. The number of hydrogen-bond acceptors (Lipinski definition) is 9. The molecule has 5 amide bonds. The minimum atomic E-state index is -1.45. The first-order chi connectivity index (χ1) is 22.8. The Morgan fingerprint density at radius 1 is 0.673 bits per heavy atom. The van der Waals surface area contributed by atoms with Crippen LogP contribution >= 0.6 is 0 Å². The second kappa shape index (κ2) is 20.3. The lowest BCUT2D eigenvalue weighted by Gasteiger charge is -2.29. The van der Waals surface area contributed by atoms with Gasteiger partial charge >= 0.3 is 12.1 Å². The summed E-state index contributed by atoms with van der Waals surface area (Å²) < 4.78 is 10.2. The first kappa shape index (κ1) is 42.8. The Morgan fingerprint density at radius 3 is 1.61 bits per heavy atom. The third-order valence-corrected chi connectivity index (χ3v) is 7.20. The summed E-state index contributed by atoms with van der Waals surface area (Å²) in [4.78, 5) is 78.5. The summed E-state index contributed by atoms with van der Waals surface area (Å²) >= 11 is 0. The molecule has 49 heavy (non-hydrogen) atoms. The zero-order valence-corrected chi connectivity index (χ0v) is 30.5. The standard InChI is InChI=1S/C35H57N5O9/c1-20(2)16-24(36-29(42)25(17-21(3)4)39-34(47)49-35(7,8)9)30(43)40-28(22(5)6)32(45)38-27(19-41)31(44)37-26(33(46)48-10)18-23-14-12-11-13-15-23/h11-15,20-22,24-28,41H,16-19H2,1-10H3,(H,36,42)(H,37,44)(H,38,45)(H,39,47)(H,40,43)/t24-,25-,26-,27+,28-/m0/s1. The number of nitrogens with one attached hydrogen (secondary N) is 5. The van der Waals surface area contributed by atoms with Crippen LogP contribution in [0.4, 0.5) is 4.79 Å². The lowest BCUT2D eigenvalue weighted by molar-refractivity contribution is -0.145. The van der Waals surface area contributed by atoms with Gasteiger partial charge in [-0.3, -0.25) is 19.2 Å². The fourth-order valence-electron chi connectivity index (χ4n) is 4.83. The van der Waals surface area contributed by atoms with Crippen LogP contribution in [0.1, 0.15) is 80.7 Å². The van der Waals surface area contributed by atoms with Crippen molar-refractivity contribution in [2.24, 2.45) is 17.8 Å². The molecule has 0 bridgehead atoms. The molecule has 6 N–H and O–H groups in total. The van der Waals surface area contributed by atoms with Crippen molar-refractivity contribution in [1.29, 1.82) is 0 Å². The van der Waals surface area contributed by atoms with Crippen molar-refractivity contribution in [1.82, 2.24) is 26.6 Å². The van der Waals surface area contributed by atoms with E-state index < -0.39 is 84.0 Å². The topological polar surface area (TPSA) is 201 Å². The smallest absolute Gasteiger partial charge is 0.408 e. The van der Waals surface area contributed by atoms with E-state index in [0.29, 0.717) is 0 Å². The van der Waals surface area contributed by atoms with Gasteiger partial charge in [-0.2, -0.15) is 0 Å². The van der Waals surface area contributed by atoms with E-state index in [4.69, 9.17) is 9.47 Å². The highest BCUT2D eigenvalue weighted by atomic mass is 16.6. The normalized spacial score (nSPS) is 14.6. The van der Waals surface area contributed by atoms with Gasteiger partial charge in [-0.1, -0.05) is 71.9 Å². The van der Waals surface area contributed by atoms with Gasteiger partial charge in [0.25, 0.3) is 0 Å². The Hall–Kier alpha value is -4.20.